The number of methoxy groups -OCH3 is 1. The third-order valence-corrected chi connectivity index (χ3v) is 6.21. The molecule has 1 aromatic carbocycles. The highest BCUT2D eigenvalue weighted by Gasteiger charge is 2.48. The molecule has 0 N–H and O–H groups in total. The van der Waals surface area contributed by atoms with Gasteiger partial charge in [-0.3, -0.25) is 4.79 Å². The minimum Gasteiger partial charge on any atom is -0.493 e. The van der Waals surface area contributed by atoms with E-state index in [0.29, 0.717) is 17.5 Å². The van der Waals surface area contributed by atoms with Gasteiger partial charge >= 0.3 is 0 Å². The van der Waals surface area contributed by atoms with Gasteiger partial charge in [-0.2, -0.15) is 0 Å². The van der Waals surface area contributed by atoms with Crippen molar-refractivity contribution < 1.29 is 14.3 Å². The summed E-state index contributed by atoms with van der Waals surface area (Å²) in [6.45, 7) is 4.09. The largest absolute Gasteiger partial charge is 0.493 e. The van der Waals surface area contributed by atoms with Gasteiger partial charge in [0.05, 0.1) is 7.11 Å². The van der Waals surface area contributed by atoms with Crippen molar-refractivity contribution in [1.29, 1.82) is 0 Å². The summed E-state index contributed by atoms with van der Waals surface area (Å²) in [7, 11) is 3.78. The Kier molecular flexibility index (Phi) is 6.07. The molecule has 0 bridgehead atoms. The number of amides is 1. The van der Waals surface area contributed by atoms with Crippen molar-refractivity contribution >= 4 is 5.91 Å². The predicted molar refractivity (Wildman–Crippen MR) is 103 cm³/mol. The van der Waals surface area contributed by atoms with Crippen LogP contribution in [-0.4, -0.2) is 61.1 Å². The van der Waals surface area contributed by atoms with E-state index in [9.17, 15) is 4.79 Å². The average molecular weight is 360 g/mol. The normalized spacial score (nSPS) is 22.0. The first-order valence-electron chi connectivity index (χ1n) is 9.86. The maximum atomic E-state index is 13.1. The molecule has 2 fully saturated rings. The zero-order valence-electron chi connectivity index (χ0n) is 16.4. The Morgan fingerprint density at radius 1 is 1.23 bits per heavy atom. The molecule has 5 heteroatoms. The lowest BCUT2D eigenvalue weighted by Crippen LogP contribution is -2.50. The van der Waals surface area contributed by atoms with Crippen LogP contribution in [0.4, 0.5) is 0 Å². The van der Waals surface area contributed by atoms with Crippen LogP contribution < -0.4 is 9.47 Å². The molecule has 5 nitrogen and oxygen atoms in total. The molecule has 1 amide bonds. The van der Waals surface area contributed by atoms with Crippen LogP contribution in [0.5, 0.6) is 11.5 Å². The van der Waals surface area contributed by atoms with E-state index in [1.165, 1.54) is 19.3 Å². The van der Waals surface area contributed by atoms with Crippen molar-refractivity contribution in [1.82, 2.24) is 9.80 Å². The standard InChI is InChI=1S/C21H32N2O3/c1-4-22(2)17-14-21(12-8-5-9-13-21)23(15-17)20(24)16-26-19-11-7-6-10-18(19)25-3/h6-7,10-11,17H,4-5,8-9,12-16H2,1-3H3. The molecule has 1 heterocycles. The number of likely N-dealkylation sites (tertiary alicyclic amines) is 1. The Morgan fingerprint density at radius 3 is 2.58 bits per heavy atom. The van der Waals surface area contributed by atoms with E-state index in [1.54, 1.807) is 7.11 Å². The summed E-state index contributed by atoms with van der Waals surface area (Å²) in [5.41, 5.74) is 0.0353. The van der Waals surface area contributed by atoms with Crippen molar-refractivity contribution in [2.75, 3.05) is 33.9 Å². The maximum Gasteiger partial charge on any atom is 0.261 e. The van der Waals surface area contributed by atoms with Crippen LogP contribution >= 0.6 is 0 Å². The van der Waals surface area contributed by atoms with E-state index in [1.807, 2.05) is 24.3 Å². The third kappa shape index (κ3) is 3.83. The quantitative estimate of drug-likeness (QED) is 0.780. The molecular formula is C21H32N2O3. The first-order valence-corrected chi connectivity index (χ1v) is 9.86. The Balaban J connectivity index is 1.71. The number of hydrogen-bond donors (Lipinski definition) is 0. The minimum atomic E-state index is 0.0353. The van der Waals surface area contributed by atoms with E-state index in [2.05, 4.69) is 23.8 Å². The van der Waals surface area contributed by atoms with E-state index >= 15 is 0 Å². The fourth-order valence-electron chi connectivity index (χ4n) is 4.58. The Labute approximate surface area is 157 Å². The first-order chi connectivity index (χ1) is 12.6. The molecule has 2 aliphatic rings. The molecule has 1 saturated carbocycles. The molecule has 26 heavy (non-hydrogen) atoms. The van der Waals surface area contributed by atoms with Crippen molar-refractivity contribution in [3.8, 4) is 11.5 Å². The van der Waals surface area contributed by atoms with E-state index in [-0.39, 0.29) is 18.1 Å². The SMILES string of the molecule is CCN(C)C1CN(C(=O)COc2ccccc2OC)C2(CCCCC2)C1. The second-order valence-electron chi connectivity index (χ2n) is 7.66. The van der Waals surface area contributed by atoms with Crippen LogP contribution in [0.1, 0.15) is 45.4 Å². The minimum absolute atomic E-state index is 0.0353. The van der Waals surface area contributed by atoms with Gasteiger partial charge in [0.25, 0.3) is 5.91 Å². The third-order valence-electron chi connectivity index (χ3n) is 6.21. The van der Waals surface area contributed by atoms with Crippen LogP contribution in [-0.2, 0) is 4.79 Å². The van der Waals surface area contributed by atoms with Gasteiger partial charge in [-0.25, -0.2) is 0 Å². The lowest BCUT2D eigenvalue weighted by molar-refractivity contribution is -0.138. The molecule has 0 radical (unpaired) electrons. The summed E-state index contributed by atoms with van der Waals surface area (Å²) in [5.74, 6) is 1.39. The van der Waals surface area contributed by atoms with Gasteiger partial charge in [0, 0.05) is 18.1 Å². The van der Waals surface area contributed by atoms with Crippen molar-refractivity contribution in [2.24, 2.45) is 0 Å². The number of likely N-dealkylation sites (N-methyl/N-ethyl adjacent to an activating group) is 1. The van der Waals surface area contributed by atoms with E-state index < -0.39 is 0 Å². The summed E-state index contributed by atoms with van der Waals surface area (Å²) < 4.78 is 11.1. The van der Waals surface area contributed by atoms with Crippen molar-refractivity contribution in [3.05, 3.63) is 24.3 Å². The van der Waals surface area contributed by atoms with Crippen molar-refractivity contribution in [3.63, 3.8) is 0 Å². The molecular weight excluding hydrogens is 328 g/mol. The number of hydrogen-bond acceptors (Lipinski definition) is 4. The van der Waals surface area contributed by atoms with Crippen molar-refractivity contribution in [2.45, 2.75) is 57.0 Å². The Morgan fingerprint density at radius 2 is 1.92 bits per heavy atom. The van der Waals surface area contributed by atoms with Crippen LogP contribution in [0.3, 0.4) is 0 Å². The maximum absolute atomic E-state index is 13.1. The summed E-state index contributed by atoms with van der Waals surface area (Å²) in [6, 6.07) is 7.95. The molecule has 144 valence electrons. The smallest absolute Gasteiger partial charge is 0.261 e. The molecule has 1 atom stereocenters. The summed E-state index contributed by atoms with van der Waals surface area (Å²) in [6.07, 6.45) is 7.08. The van der Waals surface area contributed by atoms with Gasteiger partial charge in [0.2, 0.25) is 0 Å². The zero-order valence-corrected chi connectivity index (χ0v) is 16.4. The molecule has 1 unspecified atom stereocenters. The van der Waals surface area contributed by atoms with Gasteiger partial charge in [0.15, 0.2) is 18.1 Å². The number of benzene rings is 1. The van der Waals surface area contributed by atoms with Crippen LogP contribution in [0.25, 0.3) is 0 Å². The van der Waals surface area contributed by atoms with Crippen LogP contribution in [0, 0.1) is 0 Å². The predicted octanol–water partition coefficient (Wildman–Crippen LogP) is 3.33. The number of carbonyl (C=O) groups excluding carboxylic acids is 1. The molecule has 3 rings (SSSR count). The van der Waals surface area contributed by atoms with E-state index in [4.69, 9.17) is 9.47 Å². The number of nitrogens with zero attached hydrogens (tertiary/aromatic N) is 2. The van der Waals surface area contributed by atoms with E-state index in [0.717, 1.165) is 32.4 Å². The van der Waals surface area contributed by atoms with Gasteiger partial charge in [-0.05, 0) is 45.0 Å². The highest BCUT2D eigenvalue weighted by atomic mass is 16.5. The average Bonchev–Trinajstić information content (AvgIpc) is 3.04. The highest BCUT2D eigenvalue weighted by Crippen LogP contribution is 2.43. The molecule has 1 aromatic rings. The number of rotatable bonds is 6. The molecule has 1 aliphatic heterocycles. The Bertz CT molecular complexity index is 613. The molecule has 1 saturated heterocycles. The molecule has 1 aliphatic carbocycles. The summed E-state index contributed by atoms with van der Waals surface area (Å²) in [4.78, 5) is 17.6. The number of ether oxygens (including phenoxy) is 2. The topological polar surface area (TPSA) is 42.0 Å². The zero-order chi connectivity index (χ0) is 18.6. The van der Waals surface area contributed by atoms with Gasteiger partial charge in [-0.15, -0.1) is 0 Å². The summed E-state index contributed by atoms with van der Waals surface area (Å²) >= 11 is 0. The highest BCUT2D eigenvalue weighted by molar-refractivity contribution is 5.79. The lowest BCUT2D eigenvalue weighted by atomic mass is 9.79. The Hall–Kier alpha value is -1.75. The monoisotopic (exact) mass is 360 g/mol. The lowest BCUT2D eigenvalue weighted by Gasteiger charge is -2.41. The van der Waals surface area contributed by atoms with Gasteiger partial charge in [-0.1, -0.05) is 38.3 Å². The fraction of sp³-hybridized carbons (Fsp3) is 0.667. The molecule has 1 spiro atoms. The van der Waals surface area contributed by atoms with Gasteiger partial charge in [0.1, 0.15) is 0 Å². The van der Waals surface area contributed by atoms with Crippen LogP contribution in [0.2, 0.25) is 0 Å². The number of para-hydroxylation sites is 2. The summed E-state index contributed by atoms with van der Waals surface area (Å²) in [5, 5.41) is 0. The fourth-order valence-corrected chi connectivity index (χ4v) is 4.58. The van der Waals surface area contributed by atoms with Crippen LogP contribution in [0.15, 0.2) is 24.3 Å². The second kappa shape index (κ2) is 8.30. The first kappa shape index (κ1) is 19.0. The van der Waals surface area contributed by atoms with Gasteiger partial charge < -0.3 is 19.3 Å². The number of carbonyl (C=O) groups is 1. The molecule has 0 aromatic heterocycles. The second-order valence-corrected chi connectivity index (χ2v) is 7.66.